The molecule has 0 radical (unpaired) electrons. The third-order valence-electron chi connectivity index (χ3n) is 2.74. The number of benzene rings is 1. The van der Waals surface area contributed by atoms with E-state index in [9.17, 15) is 14.4 Å². The molecule has 0 aliphatic carbocycles. The largest absolute Gasteiger partial charge is 0.476 e. The lowest BCUT2D eigenvalue weighted by Crippen LogP contribution is -2.15. The molecule has 2 amide bonds. The van der Waals surface area contributed by atoms with Gasteiger partial charge in [0.25, 0.3) is 5.91 Å². The first-order valence-electron chi connectivity index (χ1n) is 6.33. The van der Waals surface area contributed by atoms with Crippen LogP contribution in [0, 0.1) is 0 Å². The number of carbonyl (C=O) groups is 3. The molecule has 2 rings (SSSR count). The topological polar surface area (TPSA) is 113 Å². The molecule has 3 N–H and O–H groups in total. The monoisotopic (exact) mass is 302 g/mol. The summed E-state index contributed by atoms with van der Waals surface area (Å²) in [6, 6.07) is 6.44. The number of amides is 2. The highest BCUT2D eigenvalue weighted by Gasteiger charge is 2.20. The zero-order valence-electron chi connectivity index (χ0n) is 12.0. The number of nitrogens with one attached hydrogen (secondary N) is 2. The van der Waals surface area contributed by atoms with Crippen LogP contribution in [0.15, 0.2) is 30.5 Å². The molecule has 0 bridgehead atoms. The normalized spacial score (nSPS) is 10.1. The second-order valence-electron chi connectivity index (χ2n) is 4.58. The van der Waals surface area contributed by atoms with Crippen molar-refractivity contribution in [2.75, 3.05) is 10.6 Å². The molecule has 8 nitrogen and oxygen atoms in total. The lowest BCUT2D eigenvalue weighted by atomic mass is 10.2. The van der Waals surface area contributed by atoms with Crippen LogP contribution in [0.25, 0.3) is 0 Å². The van der Waals surface area contributed by atoms with Crippen molar-refractivity contribution in [2.24, 2.45) is 7.05 Å². The first-order chi connectivity index (χ1) is 10.4. The second-order valence-corrected chi connectivity index (χ2v) is 4.58. The fourth-order valence-corrected chi connectivity index (χ4v) is 1.85. The van der Waals surface area contributed by atoms with E-state index in [1.165, 1.54) is 24.9 Å². The molecule has 8 heteroatoms. The Morgan fingerprint density at radius 1 is 1.09 bits per heavy atom. The van der Waals surface area contributed by atoms with Crippen molar-refractivity contribution in [2.45, 2.75) is 6.92 Å². The fourth-order valence-electron chi connectivity index (χ4n) is 1.85. The lowest BCUT2D eigenvalue weighted by molar-refractivity contribution is -0.114. The Morgan fingerprint density at radius 2 is 1.64 bits per heavy atom. The molecule has 0 fully saturated rings. The zero-order valence-corrected chi connectivity index (χ0v) is 12.0. The average Bonchev–Trinajstić information content (AvgIpc) is 2.83. The van der Waals surface area contributed by atoms with E-state index >= 15 is 0 Å². The Bertz CT molecular complexity index is 734. The van der Waals surface area contributed by atoms with Gasteiger partial charge in [-0.25, -0.2) is 4.79 Å². The van der Waals surface area contributed by atoms with E-state index in [-0.39, 0.29) is 17.2 Å². The third kappa shape index (κ3) is 3.48. The SMILES string of the molecule is CC(=O)Nc1ccc(NC(=O)c2cn(C)nc2C(=O)O)cc1. The number of rotatable bonds is 4. The first-order valence-corrected chi connectivity index (χ1v) is 6.33. The second kappa shape index (κ2) is 6.08. The maximum Gasteiger partial charge on any atom is 0.357 e. The highest BCUT2D eigenvalue weighted by Crippen LogP contribution is 2.15. The van der Waals surface area contributed by atoms with E-state index in [0.29, 0.717) is 11.4 Å². The van der Waals surface area contributed by atoms with Crippen molar-refractivity contribution < 1.29 is 19.5 Å². The minimum Gasteiger partial charge on any atom is -0.476 e. The highest BCUT2D eigenvalue weighted by molar-refractivity contribution is 6.09. The summed E-state index contributed by atoms with van der Waals surface area (Å²) in [4.78, 5) is 34.1. The number of aryl methyl sites for hydroxylation is 1. The van der Waals surface area contributed by atoms with Crippen molar-refractivity contribution in [3.8, 4) is 0 Å². The molecule has 22 heavy (non-hydrogen) atoms. The Morgan fingerprint density at radius 3 is 2.14 bits per heavy atom. The summed E-state index contributed by atoms with van der Waals surface area (Å²) < 4.78 is 1.26. The molecule has 2 aromatic rings. The maximum absolute atomic E-state index is 12.1. The van der Waals surface area contributed by atoms with Gasteiger partial charge in [-0.05, 0) is 24.3 Å². The summed E-state index contributed by atoms with van der Waals surface area (Å²) in [5.74, 6) is -2.04. The number of aromatic carboxylic acids is 1. The van der Waals surface area contributed by atoms with Gasteiger partial charge in [0.15, 0.2) is 5.69 Å². The molecule has 0 spiro atoms. The van der Waals surface area contributed by atoms with Gasteiger partial charge in [-0.3, -0.25) is 14.3 Å². The van der Waals surface area contributed by atoms with E-state index in [2.05, 4.69) is 15.7 Å². The van der Waals surface area contributed by atoms with Crippen molar-refractivity contribution in [1.82, 2.24) is 9.78 Å². The highest BCUT2D eigenvalue weighted by atomic mass is 16.4. The van der Waals surface area contributed by atoms with Crippen LogP contribution in [0.5, 0.6) is 0 Å². The number of nitrogens with zero attached hydrogens (tertiary/aromatic N) is 2. The van der Waals surface area contributed by atoms with Crippen LogP contribution >= 0.6 is 0 Å². The summed E-state index contributed by atoms with van der Waals surface area (Å²) in [6.07, 6.45) is 1.34. The third-order valence-corrected chi connectivity index (χ3v) is 2.74. The summed E-state index contributed by atoms with van der Waals surface area (Å²) in [5, 5.41) is 17.9. The first kappa shape index (κ1) is 15.2. The Hall–Kier alpha value is -3.16. The predicted molar refractivity (Wildman–Crippen MR) is 78.9 cm³/mol. The number of carboxylic acids is 1. The van der Waals surface area contributed by atoms with Crippen molar-refractivity contribution in [3.63, 3.8) is 0 Å². The van der Waals surface area contributed by atoms with Gasteiger partial charge in [-0.2, -0.15) is 5.10 Å². The van der Waals surface area contributed by atoms with Gasteiger partial charge >= 0.3 is 5.97 Å². The minimum atomic E-state index is -1.27. The van der Waals surface area contributed by atoms with Crippen LogP contribution in [0.4, 0.5) is 11.4 Å². The van der Waals surface area contributed by atoms with Crippen LogP contribution < -0.4 is 10.6 Å². The molecule has 1 heterocycles. The van der Waals surface area contributed by atoms with E-state index in [4.69, 9.17) is 5.11 Å². The number of carbonyl (C=O) groups excluding carboxylic acids is 2. The standard InChI is InChI=1S/C14H14N4O4/c1-8(19)15-9-3-5-10(6-4-9)16-13(20)11-7-18(2)17-12(11)14(21)22/h3-7H,1-2H3,(H,15,19)(H,16,20)(H,21,22). The van der Waals surface area contributed by atoms with Crippen molar-refractivity contribution >= 4 is 29.2 Å². The number of hydrogen-bond donors (Lipinski definition) is 3. The lowest BCUT2D eigenvalue weighted by Gasteiger charge is -2.06. The van der Waals surface area contributed by atoms with E-state index < -0.39 is 11.9 Å². The van der Waals surface area contributed by atoms with Gasteiger partial charge < -0.3 is 15.7 Å². The fraction of sp³-hybridized carbons (Fsp3) is 0.143. The quantitative estimate of drug-likeness (QED) is 0.788. The van der Waals surface area contributed by atoms with Crippen LogP contribution in [0.2, 0.25) is 0 Å². The van der Waals surface area contributed by atoms with Crippen LogP contribution in [0.1, 0.15) is 27.8 Å². The minimum absolute atomic E-state index is 0.0269. The van der Waals surface area contributed by atoms with Gasteiger partial charge in [0.05, 0.1) is 5.56 Å². The van der Waals surface area contributed by atoms with Crippen molar-refractivity contribution in [1.29, 1.82) is 0 Å². The maximum atomic E-state index is 12.1. The van der Waals surface area contributed by atoms with Crippen LogP contribution in [0.3, 0.4) is 0 Å². The van der Waals surface area contributed by atoms with Gasteiger partial charge in [0.2, 0.25) is 5.91 Å². The number of hydrogen-bond acceptors (Lipinski definition) is 4. The van der Waals surface area contributed by atoms with Crippen molar-refractivity contribution in [3.05, 3.63) is 41.7 Å². The average molecular weight is 302 g/mol. The zero-order chi connectivity index (χ0) is 16.3. The summed E-state index contributed by atoms with van der Waals surface area (Å²) in [6.45, 7) is 1.39. The Balaban J connectivity index is 2.15. The Kier molecular flexibility index (Phi) is 4.21. The molecule has 0 saturated heterocycles. The molecule has 0 saturated carbocycles. The van der Waals surface area contributed by atoms with Crippen LogP contribution in [-0.2, 0) is 11.8 Å². The summed E-state index contributed by atoms with van der Waals surface area (Å²) in [5.41, 5.74) is 0.730. The van der Waals surface area contributed by atoms with Gasteiger partial charge in [0, 0.05) is 31.5 Å². The molecule has 0 aliphatic heterocycles. The smallest absolute Gasteiger partial charge is 0.357 e. The molecule has 1 aromatic carbocycles. The number of anilines is 2. The molecular weight excluding hydrogens is 288 g/mol. The van der Waals surface area contributed by atoms with E-state index in [1.54, 1.807) is 24.3 Å². The van der Waals surface area contributed by atoms with E-state index in [1.807, 2.05) is 0 Å². The number of carboxylic acid groups (broad SMARTS) is 1. The molecule has 0 unspecified atom stereocenters. The summed E-state index contributed by atoms with van der Waals surface area (Å²) >= 11 is 0. The van der Waals surface area contributed by atoms with Gasteiger partial charge in [-0.1, -0.05) is 0 Å². The number of aromatic nitrogens is 2. The summed E-state index contributed by atoms with van der Waals surface area (Å²) in [7, 11) is 1.53. The van der Waals surface area contributed by atoms with Gasteiger partial charge in [0.1, 0.15) is 0 Å². The van der Waals surface area contributed by atoms with E-state index in [0.717, 1.165) is 0 Å². The molecular formula is C14H14N4O4. The molecule has 1 aromatic heterocycles. The predicted octanol–water partition coefficient (Wildman–Crippen LogP) is 1.33. The molecule has 114 valence electrons. The van der Waals surface area contributed by atoms with Gasteiger partial charge in [-0.15, -0.1) is 0 Å². The van der Waals surface area contributed by atoms with Crippen LogP contribution in [-0.4, -0.2) is 32.7 Å². The molecule has 0 aliphatic rings. The Labute approximate surface area is 125 Å². The molecule has 0 atom stereocenters.